The molecule has 0 radical (unpaired) electrons. The van der Waals surface area contributed by atoms with E-state index < -0.39 is 10.0 Å². The Hall–Kier alpha value is -3.00. The highest BCUT2D eigenvalue weighted by molar-refractivity contribution is 7.92. The molecule has 1 N–H and O–H groups in total. The largest absolute Gasteiger partial charge is 0.334 e. The summed E-state index contributed by atoms with van der Waals surface area (Å²) in [7, 11) is -3.80. The SMILES string of the molecule is CC(=O)c1cccc(S(=O)(=O)Nc2ccc(-c3nc(C)no3)cc2)c1. The first kappa shape index (κ1) is 16.8. The molecule has 0 aliphatic rings. The molecule has 0 aliphatic heterocycles. The lowest BCUT2D eigenvalue weighted by Gasteiger charge is -2.09. The minimum Gasteiger partial charge on any atom is -0.334 e. The van der Waals surface area contributed by atoms with Crippen LogP contribution in [0.5, 0.6) is 0 Å². The molecule has 3 aromatic rings. The van der Waals surface area contributed by atoms with Gasteiger partial charge in [-0.1, -0.05) is 17.3 Å². The summed E-state index contributed by atoms with van der Waals surface area (Å²) in [5.41, 5.74) is 1.40. The summed E-state index contributed by atoms with van der Waals surface area (Å²) in [4.78, 5) is 15.6. The standard InChI is InChI=1S/C17H15N3O4S/c1-11(21)14-4-3-5-16(10-14)25(22,23)20-15-8-6-13(7-9-15)17-18-12(2)19-24-17/h3-10,20H,1-2H3. The van der Waals surface area contributed by atoms with Crippen molar-refractivity contribution in [2.45, 2.75) is 18.7 Å². The number of nitrogens with zero attached hydrogens (tertiary/aromatic N) is 2. The molecule has 1 heterocycles. The van der Waals surface area contributed by atoms with Crippen LogP contribution in [0.15, 0.2) is 57.9 Å². The Labute approximate surface area is 144 Å². The Bertz CT molecular complexity index is 1020. The molecule has 0 unspecified atom stereocenters. The number of anilines is 1. The monoisotopic (exact) mass is 357 g/mol. The van der Waals surface area contributed by atoms with Gasteiger partial charge in [-0.05, 0) is 50.2 Å². The molecule has 0 saturated carbocycles. The molecule has 0 fully saturated rings. The van der Waals surface area contributed by atoms with Crippen molar-refractivity contribution >= 4 is 21.5 Å². The van der Waals surface area contributed by atoms with Gasteiger partial charge < -0.3 is 4.52 Å². The van der Waals surface area contributed by atoms with Gasteiger partial charge >= 0.3 is 0 Å². The summed E-state index contributed by atoms with van der Waals surface area (Å²) >= 11 is 0. The number of rotatable bonds is 5. The number of nitrogens with one attached hydrogen (secondary N) is 1. The second-order valence-corrected chi connectivity index (χ2v) is 7.10. The molecule has 0 amide bonds. The van der Waals surface area contributed by atoms with Gasteiger partial charge in [-0.25, -0.2) is 8.42 Å². The van der Waals surface area contributed by atoms with Gasteiger partial charge in [0.25, 0.3) is 15.9 Å². The summed E-state index contributed by atoms with van der Waals surface area (Å²) in [6.45, 7) is 3.10. The van der Waals surface area contributed by atoms with Crippen LogP contribution in [-0.4, -0.2) is 24.3 Å². The van der Waals surface area contributed by atoms with E-state index in [0.717, 1.165) is 0 Å². The van der Waals surface area contributed by atoms with E-state index in [2.05, 4.69) is 14.9 Å². The van der Waals surface area contributed by atoms with Crippen molar-refractivity contribution in [2.75, 3.05) is 4.72 Å². The molecule has 0 spiro atoms. The maximum atomic E-state index is 12.5. The predicted octanol–water partition coefficient (Wildman–Crippen LogP) is 3.05. The predicted molar refractivity (Wildman–Crippen MR) is 91.7 cm³/mol. The van der Waals surface area contributed by atoms with E-state index in [1.165, 1.54) is 25.1 Å². The molecule has 7 nitrogen and oxygen atoms in total. The van der Waals surface area contributed by atoms with E-state index in [1.54, 1.807) is 37.3 Å². The quantitative estimate of drug-likeness (QED) is 0.704. The number of ketones is 1. The molecular weight excluding hydrogens is 342 g/mol. The third-order valence-electron chi connectivity index (χ3n) is 3.46. The summed E-state index contributed by atoms with van der Waals surface area (Å²) in [6, 6.07) is 12.4. The number of hydrogen-bond donors (Lipinski definition) is 1. The summed E-state index contributed by atoms with van der Waals surface area (Å²) in [5.74, 6) is 0.683. The van der Waals surface area contributed by atoms with Crippen molar-refractivity contribution in [1.29, 1.82) is 0 Å². The maximum absolute atomic E-state index is 12.5. The molecule has 0 aliphatic carbocycles. The Morgan fingerprint density at radius 2 is 1.84 bits per heavy atom. The Kier molecular flexibility index (Phi) is 4.37. The van der Waals surface area contributed by atoms with E-state index in [9.17, 15) is 13.2 Å². The fourth-order valence-electron chi connectivity index (χ4n) is 2.19. The molecule has 2 aromatic carbocycles. The van der Waals surface area contributed by atoms with Gasteiger partial charge in [0.2, 0.25) is 0 Å². The molecule has 25 heavy (non-hydrogen) atoms. The van der Waals surface area contributed by atoms with Crippen LogP contribution in [0.25, 0.3) is 11.5 Å². The zero-order chi connectivity index (χ0) is 18.0. The third-order valence-corrected chi connectivity index (χ3v) is 4.84. The van der Waals surface area contributed by atoms with Crippen LogP contribution in [0.4, 0.5) is 5.69 Å². The lowest BCUT2D eigenvalue weighted by Crippen LogP contribution is -2.13. The average Bonchev–Trinajstić information content (AvgIpc) is 3.02. The number of aromatic nitrogens is 2. The topological polar surface area (TPSA) is 102 Å². The van der Waals surface area contributed by atoms with Crippen LogP contribution in [0.1, 0.15) is 23.1 Å². The second kappa shape index (κ2) is 6.48. The molecule has 8 heteroatoms. The normalized spacial score (nSPS) is 11.3. The number of carbonyl (C=O) groups is 1. The van der Waals surface area contributed by atoms with Gasteiger partial charge in [-0.15, -0.1) is 0 Å². The Morgan fingerprint density at radius 3 is 2.44 bits per heavy atom. The summed E-state index contributed by atoms with van der Waals surface area (Å²) in [6.07, 6.45) is 0. The Balaban J connectivity index is 1.83. The lowest BCUT2D eigenvalue weighted by atomic mass is 10.2. The van der Waals surface area contributed by atoms with E-state index in [4.69, 9.17) is 4.52 Å². The zero-order valence-corrected chi connectivity index (χ0v) is 14.4. The second-order valence-electron chi connectivity index (χ2n) is 5.41. The van der Waals surface area contributed by atoms with E-state index in [0.29, 0.717) is 28.5 Å². The average molecular weight is 357 g/mol. The molecule has 0 atom stereocenters. The number of hydrogen-bond acceptors (Lipinski definition) is 6. The van der Waals surface area contributed by atoms with Gasteiger partial charge in [0, 0.05) is 16.8 Å². The van der Waals surface area contributed by atoms with Crippen molar-refractivity contribution in [3.8, 4) is 11.5 Å². The summed E-state index contributed by atoms with van der Waals surface area (Å²) < 4.78 is 32.5. The van der Waals surface area contributed by atoms with Gasteiger partial charge in [-0.2, -0.15) is 4.98 Å². The van der Waals surface area contributed by atoms with E-state index >= 15 is 0 Å². The number of sulfonamides is 1. The van der Waals surface area contributed by atoms with Crippen LogP contribution in [0, 0.1) is 6.92 Å². The van der Waals surface area contributed by atoms with Crippen LogP contribution in [-0.2, 0) is 10.0 Å². The fourth-order valence-corrected chi connectivity index (χ4v) is 3.30. The first-order chi connectivity index (χ1) is 11.8. The first-order valence-electron chi connectivity index (χ1n) is 7.40. The molecular formula is C17H15N3O4S. The van der Waals surface area contributed by atoms with Gasteiger partial charge in [0.1, 0.15) is 0 Å². The van der Waals surface area contributed by atoms with Crippen molar-refractivity contribution in [3.63, 3.8) is 0 Å². The van der Waals surface area contributed by atoms with Gasteiger partial charge in [-0.3, -0.25) is 9.52 Å². The maximum Gasteiger partial charge on any atom is 0.261 e. The highest BCUT2D eigenvalue weighted by Crippen LogP contribution is 2.22. The van der Waals surface area contributed by atoms with Crippen molar-refractivity contribution in [1.82, 2.24) is 10.1 Å². The first-order valence-corrected chi connectivity index (χ1v) is 8.88. The number of carbonyl (C=O) groups excluding carboxylic acids is 1. The van der Waals surface area contributed by atoms with Crippen molar-refractivity contribution in [2.24, 2.45) is 0 Å². The number of Topliss-reactive ketones (excluding diaryl/α,β-unsaturated/α-hetero) is 1. The molecule has 3 rings (SSSR count). The van der Waals surface area contributed by atoms with Crippen LogP contribution >= 0.6 is 0 Å². The molecule has 128 valence electrons. The molecule has 1 aromatic heterocycles. The van der Waals surface area contributed by atoms with Crippen LogP contribution in [0.2, 0.25) is 0 Å². The van der Waals surface area contributed by atoms with E-state index in [1.807, 2.05) is 0 Å². The van der Waals surface area contributed by atoms with E-state index in [-0.39, 0.29) is 10.7 Å². The minimum atomic E-state index is -3.80. The highest BCUT2D eigenvalue weighted by atomic mass is 32.2. The van der Waals surface area contributed by atoms with Crippen LogP contribution in [0.3, 0.4) is 0 Å². The van der Waals surface area contributed by atoms with Crippen molar-refractivity contribution < 1.29 is 17.7 Å². The minimum absolute atomic E-state index is 0.0248. The number of benzene rings is 2. The zero-order valence-electron chi connectivity index (χ0n) is 13.6. The smallest absolute Gasteiger partial charge is 0.261 e. The lowest BCUT2D eigenvalue weighted by molar-refractivity contribution is 0.101. The van der Waals surface area contributed by atoms with Gasteiger partial charge in [0.15, 0.2) is 11.6 Å². The van der Waals surface area contributed by atoms with Crippen molar-refractivity contribution in [3.05, 3.63) is 59.9 Å². The highest BCUT2D eigenvalue weighted by Gasteiger charge is 2.16. The fraction of sp³-hybridized carbons (Fsp3) is 0.118. The summed E-state index contributed by atoms with van der Waals surface area (Å²) in [5, 5.41) is 3.71. The molecule has 0 saturated heterocycles. The Morgan fingerprint density at radius 1 is 1.12 bits per heavy atom. The number of aryl methyl sites for hydroxylation is 1. The molecule has 0 bridgehead atoms. The van der Waals surface area contributed by atoms with Crippen LogP contribution < -0.4 is 4.72 Å². The van der Waals surface area contributed by atoms with Gasteiger partial charge in [0.05, 0.1) is 4.90 Å². The third kappa shape index (κ3) is 3.74.